The number of rotatable bonds is 10. The Morgan fingerprint density at radius 3 is 2.00 bits per heavy atom. The highest BCUT2D eigenvalue weighted by molar-refractivity contribution is 5.88. The Hall–Kier alpha value is -3.40. The summed E-state index contributed by atoms with van der Waals surface area (Å²) in [6.45, 7) is 4.88. The van der Waals surface area contributed by atoms with Gasteiger partial charge in [0.15, 0.2) is 0 Å². The average molecular weight is 429 g/mol. The van der Waals surface area contributed by atoms with Crippen LogP contribution in [0.25, 0.3) is 0 Å². The Morgan fingerprint density at radius 2 is 1.41 bits per heavy atom. The maximum atomic E-state index is 13.4. The molecule has 0 aliphatic rings. The van der Waals surface area contributed by atoms with Crippen molar-refractivity contribution in [1.82, 2.24) is 10.2 Å². The van der Waals surface area contributed by atoms with Gasteiger partial charge >= 0.3 is 0 Å². The number of carbonyl (C=O) groups excluding carboxylic acids is 2. The lowest BCUT2D eigenvalue weighted by Crippen LogP contribution is -2.50. The summed E-state index contributed by atoms with van der Waals surface area (Å²) in [6.07, 6.45) is 1.64. The van der Waals surface area contributed by atoms with E-state index in [1.807, 2.05) is 98.8 Å². The minimum Gasteiger partial charge on any atom is -0.350 e. The van der Waals surface area contributed by atoms with Crippen LogP contribution in [-0.4, -0.2) is 22.8 Å². The number of hydrogen-bond donors (Lipinski definition) is 1. The van der Waals surface area contributed by atoms with Gasteiger partial charge in [0.25, 0.3) is 0 Å². The highest BCUT2D eigenvalue weighted by Crippen LogP contribution is 2.16. The smallest absolute Gasteiger partial charge is 0.243 e. The number of aryl methyl sites for hydroxylation is 1. The van der Waals surface area contributed by atoms with Gasteiger partial charge in [-0.25, -0.2) is 0 Å². The Labute approximate surface area is 191 Å². The van der Waals surface area contributed by atoms with Gasteiger partial charge < -0.3 is 10.2 Å². The molecular weight excluding hydrogens is 396 g/mol. The van der Waals surface area contributed by atoms with Crippen LogP contribution in [0.5, 0.6) is 0 Å². The van der Waals surface area contributed by atoms with Crippen molar-refractivity contribution in [1.29, 1.82) is 0 Å². The number of amides is 2. The molecule has 3 aromatic carbocycles. The number of nitrogens with one attached hydrogen (secondary N) is 1. The Bertz CT molecular complexity index is 985. The van der Waals surface area contributed by atoms with Crippen molar-refractivity contribution >= 4 is 11.8 Å². The molecule has 4 heteroatoms. The van der Waals surface area contributed by atoms with Gasteiger partial charge in [-0.3, -0.25) is 9.59 Å². The van der Waals surface area contributed by atoms with Crippen LogP contribution in [-0.2, 0) is 29.1 Å². The topological polar surface area (TPSA) is 49.4 Å². The number of hydrogen-bond acceptors (Lipinski definition) is 2. The maximum absolute atomic E-state index is 13.4. The Kier molecular flexibility index (Phi) is 8.61. The van der Waals surface area contributed by atoms with E-state index in [-0.39, 0.29) is 11.8 Å². The van der Waals surface area contributed by atoms with E-state index >= 15 is 0 Å². The molecular formula is C28H32N2O2. The zero-order valence-corrected chi connectivity index (χ0v) is 19.0. The standard InChI is InChI=1S/C28H32N2O2/c1-3-10-27(31)30(21-25-13-8-5-9-14-25)26(19-23-11-6-4-7-12-23)28(32)29-20-24-17-15-22(2)16-18-24/h4-9,11-18,26H,3,10,19-21H2,1-2H3,(H,29,32)/t26-/m1/s1. The molecule has 0 aliphatic heterocycles. The molecule has 0 fully saturated rings. The molecule has 0 heterocycles. The minimum atomic E-state index is -0.581. The van der Waals surface area contributed by atoms with Crippen LogP contribution in [0.1, 0.15) is 42.0 Å². The molecule has 0 saturated heterocycles. The van der Waals surface area contributed by atoms with Crippen molar-refractivity contribution in [2.24, 2.45) is 0 Å². The summed E-state index contributed by atoms with van der Waals surface area (Å²) in [6, 6.07) is 27.3. The largest absolute Gasteiger partial charge is 0.350 e. The number of benzene rings is 3. The second kappa shape index (κ2) is 11.8. The molecule has 2 amide bonds. The van der Waals surface area contributed by atoms with Gasteiger partial charge in [0.1, 0.15) is 6.04 Å². The minimum absolute atomic E-state index is 0.00256. The predicted octanol–water partition coefficient (Wildman–Crippen LogP) is 5.05. The first-order valence-corrected chi connectivity index (χ1v) is 11.3. The molecule has 3 rings (SSSR count). The highest BCUT2D eigenvalue weighted by atomic mass is 16.2. The lowest BCUT2D eigenvalue weighted by Gasteiger charge is -2.31. The van der Waals surface area contributed by atoms with Crippen molar-refractivity contribution in [3.8, 4) is 0 Å². The van der Waals surface area contributed by atoms with E-state index in [9.17, 15) is 9.59 Å². The maximum Gasteiger partial charge on any atom is 0.243 e. The van der Waals surface area contributed by atoms with E-state index in [0.29, 0.717) is 25.9 Å². The van der Waals surface area contributed by atoms with Gasteiger partial charge in [-0.1, -0.05) is 97.4 Å². The van der Waals surface area contributed by atoms with Crippen LogP contribution in [0.2, 0.25) is 0 Å². The molecule has 0 saturated carbocycles. The van der Waals surface area contributed by atoms with Crippen molar-refractivity contribution in [3.63, 3.8) is 0 Å². The summed E-state index contributed by atoms with van der Waals surface area (Å²) in [5.74, 6) is -0.127. The molecule has 32 heavy (non-hydrogen) atoms. The fourth-order valence-corrected chi connectivity index (χ4v) is 3.70. The lowest BCUT2D eigenvalue weighted by molar-refractivity contribution is -0.141. The number of nitrogens with zero attached hydrogens (tertiary/aromatic N) is 1. The van der Waals surface area contributed by atoms with Gasteiger partial charge in [0.05, 0.1) is 0 Å². The Balaban J connectivity index is 1.85. The van der Waals surface area contributed by atoms with E-state index in [2.05, 4.69) is 5.32 Å². The van der Waals surface area contributed by atoms with E-state index in [0.717, 1.165) is 23.1 Å². The third kappa shape index (κ3) is 6.81. The normalized spacial score (nSPS) is 11.6. The fourth-order valence-electron chi connectivity index (χ4n) is 3.70. The second-order valence-electron chi connectivity index (χ2n) is 8.17. The van der Waals surface area contributed by atoms with Crippen molar-refractivity contribution in [3.05, 3.63) is 107 Å². The van der Waals surface area contributed by atoms with Crippen LogP contribution in [0, 0.1) is 6.92 Å². The van der Waals surface area contributed by atoms with Crippen molar-refractivity contribution in [2.45, 2.75) is 52.2 Å². The molecule has 3 aromatic rings. The van der Waals surface area contributed by atoms with Crippen LogP contribution in [0.3, 0.4) is 0 Å². The molecule has 0 bridgehead atoms. The quantitative estimate of drug-likeness (QED) is 0.491. The summed E-state index contributed by atoms with van der Waals surface area (Å²) >= 11 is 0. The summed E-state index contributed by atoms with van der Waals surface area (Å²) in [7, 11) is 0. The van der Waals surface area contributed by atoms with Gasteiger partial charge in [-0.15, -0.1) is 0 Å². The monoisotopic (exact) mass is 428 g/mol. The zero-order valence-electron chi connectivity index (χ0n) is 19.0. The van der Waals surface area contributed by atoms with E-state index in [1.54, 1.807) is 4.90 Å². The van der Waals surface area contributed by atoms with E-state index in [4.69, 9.17) is 0 Å². The predicted molar refractivity (Wildman–Crippen MR) is 129 cm³/mol. The SMILES string of the molecule is CCCC(=O)N(Cc1ccccc1)[C@H](Cc1ccccc1)C(=O)NCc1ccc(C)cc1. The molecule has 0 radical (unpaired) electrons. The first-order chi connectivity index (χ1) is 15.6. The second-order valence-corrected chi connectivity index (χ2v) is 8.17. The Morgan fingerprint density at radius 1 is 0.812 bits per heavy atom. The van der Waals surface area contributed by atoms with Crippen LogP contribution in [0.15, 0.2) is 84.9 Å². The molecule has 4 nitrogen and oxygen atoms in total. The summed E-state index contributed by atoms with van der Waals surface area (Å²) < 4.78 is 0. The summed E-state index contributed by atoms with van der Waals surface area (Å²) in [5.41, 5.74) is 4.27. The van der Waals surface area contributed by atoms with Gasteiger partial charge in [0.2, 0.25) is 11.8 Å². The van der Waals surface area contributed by atoms with Gasteiger partial charge in [0, 0.05) is 25.9 Å². The van der Waals surface area contributed by atoms with E-state index < -0.39 is 6.04 Å². The van der Waals surface area contributed by atoms with Crippen LogP contribution < -0.4 is 5.32 Å². The molecule has 166 valence electrons. The van der Waals surface area contributed by atoms with Crippen molar-refractivity contribution in [2.75, 3.05) is 0 Å². The van der Waals surface area contributed by atoms with Crippen LogP contribution in [0.4, 0.5) is 0 Å². The van der Waals surface area contributed by atoms with Gasteiger partial charge in [-0.05, 0) is 30.0 Å². The molecule has 1 atom stereocenters. The first-order valence-electron chi connectivity index (χ1n) is 11.3. The fraction of sp³-hybridized carbons (Fsp3) is 0.286. The third-order valence-electron chi connectivity index (χ3n) is 5.52. The third-order valence-corrected chi connectivity index (χ3v) is 5.52. The highest BCUT2D eigenvalue weighted by Gasteiger charge is 2.29. The molecule has 0 aromatic heterocycles. The molecule has 0 aliphatic carbocycles. The van der Waals surface area contributed by atoms with Gasteiger partial charge in [-0.2, -0.15) is 0 Å². The molecule has 0 unspecified atom stereocenters. The lowest BCUT2D eigenvalue weighted by atomic mass is 10.0. The van der Waals surface area contributed by atoms with Crippen molar-refractivity contribution < 1.29 is 9.59 Å². The number of carbonyl (C=O) groups is 2. The van der Waals surface area contributed by atoms with E-state index in [1.165, 1.54) is 5.56 Å². The molecule has 1 N–H and O–H groups in total. The first kappa shape index (κ1) is 23.3. The summed E-state index contributed by atoms with van der Waals surface area (Å²) in [4.78, 5) is 28.3. The van der Waals surface area contributed by atoms with Crippen LogP contribution >= 0.6 is 0 Å². The molecule has 0 spiro atoms. The summed E-state index contributed by atoms with van der Waals surface area (Å²) in [5, 5.41) is 3.07. The average Bonchev–Trinajstić information content (AvgIpc) is 2.82. The zero-order chi connectivity index (χ0) is 22.8.